The molecule has 0 spiro atoms. The summed E-state index contributed by atoms with van der Waals surface area (Å²) >= 11 is 1.76. The van der Waals surface area contributed by atoms with Crippen LogP contribution in [0.5, 0.6) is 5.75 Å². The van der Waals surface area contributed by atoms with Crippen molar-refractivity contribution in [3.05, 3.63) is 18.2 Å². The van der Waals surface area contributed by atoms with E-state index in [2.05, 4.69) is 21.9 Å². The van der Waals surface area contributed by atoms with E-state index in [1.165, 1.54) is 4.70 Å². The van der Waals surface area contributed by atoms with Crippen LogP contribution in [-0.2, 0) is 4.74 Å². The van der Waals surface area contributed by atoms with Crippen LogP contribution in [0.15, 0.2) is 18.2 Å². The number of hydrogen-bond donors (Lipinski definition) is 0. The van der Waals surface area contributed by atoms with Gasteiger partial charge in [-0.2, -0.15) is 0 Å². The molecular weight excluding hydrogens is 298 g/mol. The van der Waals surface area contributed by atoms with Gasteiger partial charge in [0.25, 0.3) is 0 Å². The van der Waals surface area contributed by atoms with Crippen molar-refractivity contribution in [3.8, 4) is 5.75 Å². The van der Waals surface area contributed by atoms with Crippen LogP contribution < -0.4 is 9.64 Å². The second-order valence-corrected chi connectivity index (χ2v) is 6.78. The Bertz CT molecular complexity index is 648. The SMILES string of the molecule is CCOc1ccc2nc(N3CC(N4CCOCC4)C3)sc2c1. The number of ether oxygens (including phenoxy) is 2. The molecule has 0 unspecified atom stereocenters. The summed E-state index contributed by atoms with van der Waals surface area (Å²) in [6.07, 6.45) is 0. The van der Waals surface area contributed by atoms with Crippen molar-refractivity contribution in [2.75, 3.05) is 50.9 Å². The first kappa shape index (κ1) is 14.2. The molecule has 2 aliphatic rings. The summed E-state index contributed by atoms with van der Waals surface area (Å²) in [5, 5.41) is 1.13. The molecule has 0 radical (unpaired) electrons. The first-order chi connectivity index (χ1) is 10.8. The molecule has 2 saturated heterocycles. The molecule has 0 atom stereocenters. The van der Waals surface area contributed by atoms with E-state index in [0.717, 1.165) is 55.8 Å². The maximum atomic E-state index is 5.57. The fourth-order valence-electron chi connectivity index (χ4n) is 3.07. The Morgan fingerprint density at radius 2 is 2.14 bits per heavy atom. The smallest absolute Gasteiger partial charge is 0.186 e. The van der Waals surface area contributed by atoms with Crippen molar-refractivity contribution in [1.29, 1.82) is 0 Å². The van der Waals surface area contributed by atoms with Crippen LogP contribution in [-0.4, -0.2) is 61.9 Å². The van der Waals surface area contributed by atoms with E-state index in [4.69, 9.17) is 14.5 Å². The molecule has 118 valence electrons. The van der Waals surface area contributed by atoms with Gasteiger partial charge < -0.3 is 14.4 Å². The number of aromatic nitrogens is 1. The molecule has 22 heavy (non-hydrogen) atoms. The Morgan fingerprint density at radius 3 is 2.91 bits per heavy atom. The van der Waals surface area contributed by atoms with E-state index in [0.29, 0.717) is 12.6 Å². The highest BCUT2D eigenvalue weighted by Gasteiger charge is 2.34. The summed E-state index contributed by atoms with van der Waals surface area (Å²) in [5.74, 6) is 0.931. The Balaban J connectivity index is 1.44. The average molecular weight is 319 g/mol. The Morgan fingerprint density at radius 1 is 1.32 bits per heavy atom. The molecule has 2 aromatic rings. The monoisotopic (exact) mass is 319 g/mol. The van der Waals surface area contributed by atoms with Crippen molar-refractivity contribution < 1.29 is 9.47 Å². The molecule has 0 amide bonds. The molecule has 1 aromatic carbocycles. The summed E-state index contributed by atoms with van der Waals surface area (Å²) in [5.41, 5.74) is 1.07. The van der Waals surface area contributed by atoms with E-state index >= 15 is 0 Å². The van der Waals surface area contributed by atoms with Gasteiger partial charge in [0, 0.05) is 32.2 Å². The maximum Gasteiger partial charge on any atom is 0.186 e. The quantitative estimate of drug-likeness (QED) is 0.864. The normalized spacial score (nSPS) is 20.3. The molecule has 6 heteroatoms. The molecule has 4 rings (SSSR count). The van der Waals surface area contributed by atoms with Gasteiger partial charge in [0.05, 0.1) is 30.0 Å². The summed E-state index contributed by atoms with van der Waals surface area (Å²) in [4.78, 5) is 9.68. The number of morpholine rings is 1. The van der Waals surface area contributed by atoms with Gasteiger partial charge in [-0.3, -0.25) is 4.90 Å². The van der Waals surface area contributed by atoms with Crippen molar-refractivity contribution in [1.82, 2.24) is 9.88 Å². The topological polar surface area (TPSA) is 37.8 Å². The summed E-state index contributed by atoms with van der Waals surface area (Å²) in [7, 11) is 0. The summed E-state index contributed by atoms with van der Waals surface area (Å²) in [6, 6.07) is 6.82. The molecule has 0 bridgehead atoms. The van der Waals surface area contributed by atoms with Gasteiger partial charge in [-0.25, -0.2) is 4.98 Å². The van der Waals surface area contributed by atoms with Crippen LogP contribution in [0.2, 0.25) is 0 Å². The second-order valence-electron chi connectivity index (χ2n) is 5.77. The van der Waals surface area contributed by atoms with Crippen LogP contribution in [0.1, 0.15) is 6.92 Å². The lowest BCUT2D eigenvalue weighted by Crippen LogP contribution is -2.61. The van der Waals surface area contributed by atoms with Crippen LogP contribution >= 0.6 is 11.3 Å². The zero-order chi connectivity index (χ0) is 14.9. The van der Waals surface area contributed by atoms with Gasteiger partial charge in [0.15, 0.2) is 5.13 Å². The predicted octanol–water partition coefficient (Wildman–Crippen LogP) is 2.22. The minimum Gasteiger partial charge on any atom is -0.494 e. The minimum atomic E-state index is 0.662. The lowest BCUT2D eigenvalue weighted by molar-refractivity contribution is 0.0105. The zero-order valence-electron chi connectivity index (χ0n) is 12.8. The molecule has 2 aliphatic heterocycles. The van der Waals surface area contributed by atoms with Crippen molar-refractivity contribution in [2.24, 2.45) is 0 Å². The number of fused-ring (bicyclic) bond motifs is 1. The van der Waals surface area contributed by atoms with E-state index in [-0.39, 0.29) is 0 Å². The standard InChI is InChI=1S/C16H21N3O2S/c1-2-21-13-3-4-14-15(9-13)22-16(17-14)19-10-12(11-19)18-5-7-20-8-6-18/h3-4,9,12H,2,5-8,10-11H2,1H3. The second kappa shape index (κ2) is 6.02. The third-order valence-electron chi connectivity index (χ3n) is 4.35. The molecule has 3 heterocycles. The Hall–Kier alpha value is -1.37. The highest BCUT2D eigenvalue weighted by molar-refractivity contribution is 7.22. The number of rotatable bonds is 4. The average Bonchev–Trinajstić information content (AvgIpc) is 2.90. The molecule has 0 aliphatic carbocycles. The number of benzene rings is 1. The third-order valence-corrected chi connectivity index (χ3v) is 5.43. The molecule has 1 aromatic heterocycles. The van der Waals surface area contributed by atoms with Crippen molar-refractivity contribution >= 4 is 26.7 Å². The largest absolute Gasteiger partial charge is 0.494 e. The Kier molecular flexibility index (Phi) is 3.90. The Labute approximate surface area is 134 Å². The highest BCUT2D eigenvalue weighted by Crippen LogP contribution is 2.34. The summed E-state index contributed by atoms with van der Waals surface area (Å²) < 4.78 is 12.2. The van der Waals surface area contributed by atoms with Crippen LogP contribution in [0.25, 0.3) is 10.2 Å². The molecule has 0 N–H and O–H groups in total. The molecule has 0 saturated carbocycles. The van der Waals surface area contributed by atoms with Crippen LogP contribution in [0, 0.1) is 0 Å². The van der Waals surface area contributed by atoms with Gasteiger partial charge in [-0.15, -0.1) is 0 Å². The highest BCUT2D eigenvalue weighted by atomic mass is 32.1. The third kappa shape index (κ3) is 2.66. The number of anilines is 1. The van der Waals surface area contributed by atoms with Gasteiger partial charge in [0.1, 0.15) is 5.75 Å². The van der Waals surface area contributed by atoms with Gasteiger partial charge in [-0.1, -0.05) is 11.3 Å². The first-order valence-corrected chi connectivity index (χ1v) is 8.75. The maximum absolute atomic E-state index is 5.57. The van der Waals surface area contributed by atoms with Crippen molar-refractivity contribution in [2.45, 2.75) is 13.0 Å². The first-order valence-electron chi connectivity index (χ1n) is 7.93. The van der Waals surface area contributed by atoms with E-state index in [1.54, 1.807) is 11.3 Å². The minimum absolute atomic E-state index is 0.662. The summed E-state index contributed by atoms with van der Waals surface area (Å²) in [6.45, 7) is 8.75. The lowest BCUT2D eigenvalue weighted by atomic mass is 10.1. The predicted molar refractivity (Wildman–Crippen MR) is 89.2 cm³/mol. The van der Waals surface area contributed by atoms with Gasteiger partial charge >= 0.3 is 0 Å². The van der Waals surface area contributed by atoms with Gasteiger partial charge in [-0.05, 0) is 25.1 Å². The number of hydrogen-bond acceptors (Lipinski definition) is 6. The van der Waals surface area contributed by atoms with Gasteiger partial charge in [0.2, 0.25) is 0 Å². The number of thiazole rings is 1. The molecule has 5 nitrogen and oxygen atoms in total. The lowest BCUT2D eigenvalue weighted by Gasteiger charge is -2.46. The molecular formula is C16H21N3O2S. The van der Waals surface area contributed by atoms with Crippen LogP contribution in [0.3, 0.4) is 0 Å². The van der Waals surface area contributed by atoms with Crippen molar-refractivity contribution in [3.63, 3.8) is 0 Å². The van der Waals surface area contributed by atoms with E-state index < -0.39 is 0 Å². The van der Waals surface area contributed by atoms with E-state index in [1.807, 2.05) is 13.0 Å². The van der Waals surface area contributed by atoms with E-state index in [9.17, 15) is 0 Å². The molecule has 2 fully saturated rings. The fourth-order valence-corrected chi connectivity index (χ4v) is 4.08. The number of nitrogens with zero attached hydrogens (tertiary/aromatic N) is 3. The van der Waals surface area contributed by atoms with Crippen LogP contribution in [0.4, 0.5) is 5.13 Å². The fraction of sp³-hybridized carbons (Fsp3) is 0.562. The zero-order valence-corrected chi connectivity index (χ0v) is 13.6.